The van der Waals surface area contributed by atoms with Crippen molar-refractivity contribution in [3.63, 3.8) is 0 Å². The lowest BCUT2D eigenvalue weighted by Crippen LogP contribution is -2.13. The van der Waals surface area contributed by atoms with Gasteiger partial charge in [-0.05, 0) is 30.9 Å². The monoisotopic (exact) mass is 345 g/mol. The third-order valence-electron chi connectivity index (χ3n) is 3.93. The minimum absolute atomic E-state index is 0.00736. The smallest absolute Gasteiger partial charge is 0.249 e. The highest BCUT2D eigenvalue weighted by molar-refractivity contribution is 7.91. The van der Waals surface area contributed by atoms with Gasteiger partial charge in [0.05, 0.1) is 11.9 Å². The number of sulfone groups is 1. The van der Waals surface area contributed by atoms with Crippen LogP contribution in [0.3, 0.4) is 0 Å². The summed E-state index contributed by atoms with van der Waals surface area (Å²) < 4.78 is 26.7. The van der Waals surface area contributed by atoms with Gasteiger partial charge in [0, 0.05) is 18.8 Å². The molecule has 2 heterocycles. The van der Waals surface area contributed by atoms with E-state index in [0.29, 0.717) is 18.7 Å². The van der Waals surface area contributed by atoms with Gasteiger partial charge in [-0.3, -0.25) is 5.10 Å². The molecule has 0 saturated heterocycles. The van der Waals surface area contributed by atoms with Crippen LogP contribution in [0, 0.1) is 6.92 Å². The number of benzene rings is 1. The summed E-state index contributed by atoms with van der Waals surface area (Å²) in [6.45, 7) is 1.96. The Morgan fingerprint density at radius 2 is 2.00 bits per heavy atom. The van der Waals surface area contributed by atoms with Crippen LogP contribution in [0.5, 0.6) is 0 Å². The minimum atomic E-state index is -3.49. The van der Waals surface area contributed by atoms with Crippen LogP contribution in [0.1, 0.15) is 17.5 Å². The molecule has 3 aromatic rings. The fraction of sp³-hybridized carbons (Fsp3) is 0.312. The van der Waals surface area contributed by atoms with E-state index in [9.17, 15) is 8.42 Å². The molecule has 7 nitrogen and oxygen atoms in total. The van der Waals surface area contributed by atoms with E-state index in [1.54, 1.807) is 24.0 Å². The van der Waals surface area contributed by atoms with Gasteiger partial charge in [-0.25, -0.2) is 8.42 Å². The van der Waals surface area contributed by atoms with Crippen LogP contribution in [0.25, 0.3) is 11.4 Å². The van der Waals surface area contributed by atoms with E-state index < -0.39 is 9.84 Å². The average Bonchev–Trinajstić information content (AvgIpc) is 3.18. The Hall–Kier alpha value is -2.48. The van der Waals surface area contributed by atoms with Crippen LogP contribution in [0.2, 0.25) is 0 Å². The van der Waals surface area contributed by atoms with Gasteiger partial charge in [0.15, 0.2) is 5.82 Å². The molecule has 24 heavy (non-hydrogen) atoms. The number of nitrogens with one attached hydrogen (secondary N) is 1. The van der Waals surface area contributed by atoms with Crippen molar-refractivity contribution in [2.75, 3.05) is 5.75 Å². The van der Waals surface area contributed by atoms with Crippen LogP contribution in [-0.2, 0) is 23.3 Å². The van der Waals surface area contributed by atoms with Crippen LogP contribution in [-0.4, -0.2) is 39.1 Å². The predicted octanol–water partition coefficient (Wildman–Crippen LogP) is 1.92. The standard InChI is InChI=1S/C16H19N5O2S/c1-12-6-3-4-8-14(12)15-19-20-16(21(15)2)24(22,23)9-5-7-13-10-17-18-11-13/h3-4,6,8,10-11H,5,7,9H2,1-2H3,(H,17,18). The molecular weight excluding hydrogens is 326 g/mol. The van der Waals surface area contributed by atoms with Crippen molar-refractivity contribution in [1.82, 2.24) is 25.0 Å². The summed E-state index contributed by atoms with van der Waals surface area (Å²) in [5.41, 5.74) is 2.90. The Kier molecular flexibility index (Phi) is 4.48. The van der Waals surface area contributed by atoms with E-state index in [1.807, 2.05) is 31.2 Å². The Balaban J connectivity index is 1.80. The van der Waals surface area contributed by atoms with Gasteiger partial charge in [0.2, 0.25) is 15.0 Å². The molecule has 0 saturated carbocycles. The molecule has 0 spiro atoms. The molecule has 0 fully saturated rings. The number of aromatic amines is 1. The first-order valence-electron chi connectivity index (χ1n) is 7.65. The summed E-state index contributed by atoms with van der Waals surface area (Å²) in [7, 11) is -1.80. The van der Waals surface area contributed by atoms with Crippen LogP contribution >= 0.6 is 0 Å². The van der Waals surface area contributed by atoms with E-state index in [2.05, 4.69) is 20.4 Å². The van der Waals surface area contributed by atoms with E-state index in [4.69, 9.17) is 0 Å². The maximum atomic E-state index is 12.6. The van der Waals surface area contributed by atoms with Crippen LogP contribution < -0.4 is 0 Å². The van der Waals surface area contributed by atoms with E-state index in [-0.39, 0.29) is 10.9 Å². The normalized spacial score (nSPS) is 11.8. The zero-order valence-electron chi connectivity index (χ0n) is 13.6. The summed E-state index contributed by atoms with van der Waals surface area (Å²) in [4.78, 5) is 0. The largest absolute Gasteiger partial charge is 0.301 e. The second kappa shape index (κ2) is 6.56. The Bertz CT molecular complexity index is 929. The van der Waals surface area contributed by atoms with Crippen molar-refractivity contribution in [1.29, 1.82) is 0 Å². The van der Waals surface area contributed by atoms with Gasteiger partial charge in [-0.15, -0.1) is 10.2 Å². The summed E-state index contributed by atoms with van der Waals surface area (Å²) in [5.74, 6) is 0.583. The van der Waals surface area contributed by atoms with Crippen molar-refractivity contribution in [2.24, 2.45) is 7.05 Å². The minimum Gasteiger partial charge on any atom is -0.301 e. The molecule has 8 heteroatoms. The van der Waals surface area contributed by atoms with Crippen molar-refractivity contribution in [3.8, 4) is 11.4 Å². The topological polar surface area (TPSA) is 93.5 Å². The third-order valence-corrected chi connectivity index (χ3v) is 5.67. The van der Waals surface area contributed by atoms with Gasteiger partial charge < -0.3 is 4.57 Å². The second-order valence-corrected chi connectivity index (χ2v) is 7.71. The van der Waals surface area contributed by atoms with E-state index in [1.165, 1.54) is 0 Å². The molecule has 0 aliphatic rings. The second-order valence-electron chi connectivity index (χ2n) is 5.71. The van der Waals surface area contributed by atoms with E-state index >= 15 is 0 Å². The lowest BCUT2D eigenvalue weighted by molar-refractivity contribution is 0.576. The van der Waals surface area contributed by atoms with Gasteiger partial charge >= 0.3 is 0 Å². The summed E-state index contributed by atoms with van der Waals surface area (Å²) >= 11 is 0. The molecule has 126 valence electrons. The molecule has 0 bridgehead atoms. The zero-order valence-corrected chi connectivity index (χ0v) is 14.4. The maximum Gasteiger partial charge on any atom is 0.249 e. The average molecular weight is 345 g/mol. The summed E-state index contributed by atoms with van der Waals surface area (Å²) in [5, 5.41) is 14.6. The number of rotatable bonds is 6. The van der Waals surface area contributed by atoms with Crippen molar-refractivity contribution < 1.29 is 8.42 Å². The number of aryl methyl sites for hydroxylation is 2. The SMILES string of the molecule is Cc1ccccc1-c1nnc(S(=O)(=O)CCCc2cn[nH]c2)n1C. The van der Waals surface area contributed by atoms with Gasteiger partial charge in [0.25, 0.3) is 0 Å². The van der Waals surface area contributed by atoms with Crippen LogP contribution in [0.4, 0.5) is 0 Å². The third kappa shape index (κ3) is 3.23. The molecule has 0 amide bonds. The summed E-state index contributed by atoms with van der Waals surface area (Å²) in [6.07, 6.45) is 4.63. The molecule has 0 radical (unpaired) electrons. The number of hydrogen-bond donors (Lipinski definition) is 1. The predicted molar refractivity (Wildman–Crippen MR) is 90.1 cm³/mol. The molecular formula is C16H19N5O2S. The molecule has 0 unspecified atom stereocenters. The van der Waals surface area contributed by atoms with Crippen molar-refractivity contribution in [2.45, 2.75) is 24.9 Å². The van der Waals surface area contributed by atoms with Crippen molar-refractivity contribution in [3.05, 3.63) is 47.8 Å². The molecule has 1 aromatic carbocycles. The highest BCUT2D eigenvalue weighted by Crippen LogP contribution is 2.23. The lowest BCUT2D eigenvalue weighted by Gasteiger charge is -2.07. The first kappa shape index (κ1) is 16.4. The lowest BCUT2D eigenvalue weighted by atomic mass is 10.1. The molecule has 0 aliphatic carbocycles. The molecule has 0 aliphatic heterocycles. The summed E-state index contributed by atoms with van der Waals surface area (Å²) in [6, 6.07) is 7.70. The fourth-order valence-electron chi connectivity index (χ4n) is 2.62. The quantitative estimate of drug-likeness (QED) is 0.737. The highest BCUT2D eigenvalue weighted by atomic mass is 32.2. The fourth-order valence-corrected chi connectivity index (χ4v) is 3.99. The first-order valence-corrected chi connectivity index (χ1v) is 9.30. The number of H-pyrrole nitrogens is 1. The molecule has 1 N–H and O–H groups in total. The Morgan fingerprint density at radius 1 is 1.21 bits per heavy atom. The van der Waals surface area contributed by atoms with Gasteiger partial charge in [-0.2, -0.15) is 5.10 Å². The highest BCUT2D eigenvalue weighted by Gasteiger charge is 2.23. The number of nitrogens with zero attached hydrogens (tertiary/aromatic N) is 4. The molecule has 2 aromatic heterocycles. The van der Waals surface area contributed by atoms with Gasteiger partial charge in [-0.1, -0.05) is 24.3 Å². The Morgan fingerprint density at radius 3 is 2.71 bits per heavy atom. The molecule has 0 atom stereocenters. The van der Waals surface area contributed by atoms with Gasteiger partial charge in [0.1, 0.15) is 0 Å². The first-order chi connectivity index (χ1) is 11.5. The van der Waals surface area contributed by atoms with E-state index in [0.717, 1.165) is 16.7 Å². The number of hydrogen-bond acceptors (Lipinski definition) is 5. The maximum absolute atomic E-state index is 12.6. The Labute approximate surface area is 140 Å². The zero-order chi connectivity index (χ0) is 17.2. The van der Waals surface area contributed by atoms with Crippen molar-refractivity contribution >= 4 is 9.84 Å². The number of aromatic nitrogens is 5. The van der Waals surface area contributed by atoms with Crippen LogP contribution in [0.15, 0.2) is 41.8 Å². The molecule has 3 rings (SSSR count).